The summed E-state index contributed by atoms with van der Waals surface area (Å²) in [5.41, 5.74) is 2.15. The summed E-state index contributed by atoms with van der Waals surface area (Å²) in [5.74, 6) is 2.35. The SMILES string of the molecule is CCCNc1nc(Cc2ccccn2)nc(C2CC2)c1Br. The summed E-state index contributed by atoms with van der Waals surface area (Å²) in [6.07, 6.45) is 6.02. The Balaban J connectivity index is 1.90. The monoisotopic (exact) mass is 346 g/mol. The molecule has 0 aliphatic heterocycles. The average molecular weight is 347 g/mol. The standard InChI is InChI=1S/C16H19BrN4/c1-2-8-19-16-14(17)15(11-6-7-11)20-13(21-16)10-12-5-3-4-9-18-12/h3-5,9,11H,2,6-8,10H2,1H3,(H,19,20,21). The lowest BCUT2D eigenvalue weighted by Crippen LogP contribution is -2.09. The molecule has 1 aliphatic rings. The van der Waals surface area contributed by atoms with Gasteiger partial charge in [0.05, 0.1) is 16.6 Å². The minimum absolute atomic E-state index is 0.590. The number of hydrogen-bond acceptors (Lipinski definition) is 4. The second-order valence-corrected chi connectivity index (χ2v) is 6.18. The zero-order chi connectivity index (χ0) is 14.7. The largest absolute Gasteiger partial charge is 0.369 e. The fraction of sp³-hybridized carbons (Fsp3) is 0.438. The zero-order valence-electron chi connectivity index (χ0n) is 12.1. The van der Waals surface area contributed by atoms with Gasteiger partial charge in [0.15, 0.2) is 0 Å². The van der Waals surface area contributed by atoms with E-state index in [1.54, 1.807) is 0 Å². The summed E-state index contributed by atoms with van der Waals surface area (Å²) in [4.78, 5) is 13.8. The molecule has 0 bridgehead atoms. The van der Waals surface area contributed by atoms with Crippen molar-refractivity contribution in [3.05, 3.63) is 46.1 Å². The van der Waals surface area contributed by atoms with Crippen LogP contribution in [0, 0.1) is 0 Å². The lowest BCUT2D eigenvalue weighted by molar-refractivity contribution is 0.866. The molecule has 3 rings (SSSR count). The van der Waals surface area contributed by atoms with Crippen molar-refractivity contribution < 1.29 is 0 Å². The number of anilines is 1. The van der Waals surface area contributed by atoms with E-state index in [1.807, 2.05) is 24.4 Å². The Kier molecular flexibility index (Phi) is 4.48. The molecule has 1 N–H and O–H groups in total. The van der Waals surface area contributed by atoms with Gasteiger partial charge in [-0.05, 0) is 47.3 Å². The third kappa shape index (κ3) is 3.59. The third-order valence-electron chi connectivity index (χ3n) is 3.50. The molecule has 1 saturated carbocycles. The molecule has 0 aromatic carbocycles. The predicted molar refractivity (Wildman–Crippen MR) is 87.5 cm³/mol. The Morgan fingerprint density at radius 1 is 1.29 bits per heavy atom. The van der Waals surface area contributed by atoms with Crippen molar-refractivity contribution in [1.82, 2.24) is 15.0 Å². The van der Waals surface area contributed by atoms with Crippen molar-refractivity contribution in [3.8, 4) is 0 Å². The molecule has 110 valence electrons. The van der Waals surface area contributed by atoms with E-state index in [4.69, 9.17) is 4.98 Å². The maximum Gasteiger partial charge on any atom is 0.144 e. The maximum atomic E-state index is 4.76. The molecule has 0 unspecified atom stereocenters. The molecule has 0 radical (unpaired) electrons. The van der Waals surface area contributed by atoms with Crippen molar-refractivity contribution in [1.29, 1.82) is 0 Å². The summed E-state index contributed by atoms with van der Waals surface area (Å²) < 4.78 is 1.03. The minimum Gasteiger partial charge on any atom is -0.369 e. The van der Waals surface area contributed by atoms with E-state index in [0.29, 0.717) is 12.3 Å². The van der Waals surface area contributed by atoms with Crippen LogP contribution in [0.25, 0.3) is 0 Å². The lowest BCUT2D eigenvalue weighted by Gasteiger charge is -2.12. The summed E-state index contributed by atoms with van der Waals surface area (Å²) in [6.45, 7) is 3.07. The molecule has 0 amide bonds. The fourth-order valence-electron chi connectivity index (χ4n) is 2.24. The van der Waals surface area contributed by atoms with Crippen LogP contribution in [0.5, 0.6) is 0 Å². The highest BCUT2D eigenvalue weighted by Gasteiger charge is 2.29. The average Bonchev–Trinajstić information content (AvgIpc) is 3.33. The third-order valence-corrected chi connectivity index (χ3v) is 4.28. The highest BCUT2D eigenvalue weighted by atomic mass is 79.9. The van der Waals surface area contributed by atoms with Gasteiger partial charge in [0.2, 0.25) is 0 Å². The molecular formula is C16H19BrN4. The van der Waals surface area contributed by atoms with Gasteiger partial charge < -0.3 is 5.32 Å². The molecule has 0 atom stereocenters. The van der Waals surface area contributed by atoms with Gasteiger partial charge in [-0.2, -0.15) is 0 Å². The highest BCUT2D eigenvalue weighted by molar-refractivity contribution is 9.10. The molecule has 0 saturated heterocycles. The summed E-state index contributed by atoms with van der Waals surface area (Å²) >= 11 is 3.67. The number of pyridine rings is 1. The van der Waals surface area contributed by atoms with E-state index in [9.17, 15) is 0 Å². The lowest BCUT2D eigenvalue weighted by atomic mass is 10.2. The predicted octanol–water partition coefficient (Wildman–Crippen LogP) is 3.92. The molecule has 4 nitrogen and oxygen atoms in total. The van der Waals surface area contributed by atoms with Gasteiger partial charge in [0.1, 0.15) is 11.6 Å². The number of aromatic nitrogens is 3. The van der Waals surface area contributed by atoms with Crippen molar-refractivity contribution in [2.24, 2.45) is 0 Å². The van der Waals surface area contributed by atoms with Gasteiger partial charge in [-0.3, -0.25) is 4.98 Å². The van der Waals surface area contributed by atoms with Gasteiger partial charge in [-0.25, -0.2) is 9.97 Å². The Labute approximate surface area is 133 Å². The first-order chi connectivity index (χ1) is 10.3. The van der Waals surface area contributed by atoms with Crippen LogP contribution >= 0.6 is 15.9 Å². The number of halogens is 1. The fourth-order valence-corrected chi connectivity index (χ4v) is 2.89. The molecule has 0 spiro atoms. The summed E-state index contributed by atoms with van der Waals surface area (Å²) in [7, 11) is 0. The van der Waals surface area contributed by atoms with Crippen LogP contribution in [-0.2, 0) is 6.42 Å². The molecule has 2 aromatic heterocycles. The van der Waals surface area contributed by atoms with Crippen LogP contribution < -0.4 is 5.32 Å². The molecule has 21 heavy (non-hydrogen) atoms. The number of rotatable bonds is 6. The molecule has 1 aliphatic carbocycles. The van der Waals surface area contributed by atoms with E-state index in [2.05, 4.69) is 38.1 Å². The van der Waals surface area contributed by atoms with E-state index < -0.39 is 0 Å². The summed E-state index contributed by atoms with van der Waals surface area (Å²) in [6, 6.07) is 5.94. The number of hydrogen-bond donors (Lipinski definition) is 1. The zero-order valence-corrected chi connectivity index (χ0v) is 13.7. The minimum atomic E-state index is 0.590. The van der Waals surface area contributed by atoms with Gasteiger partial charge in [-0.15, -0.1) is 0 Å². The van der Waals surface area contributed by atoms with Gasteiger partial charge in [0.25, 0.3) is 0 Å². The van der Waals surface area contributed by atoms with E-state index in [-0.39, 0.29) is 0 Å². The Morgan fingerprint density at radius 2 is 2.14 bits per heavy atom. The van der Waals surface area contributed by atoms with Crippen LogP contribution in [0.3, 0.4) is 0 Å². The molecular weight excluding hydrogens is 328 g/mol. The van der Waals surface area contributed by atoms with Crippen molar-refractivity contribution >= 4 is 21.7 Å². The van der Waals surface area contributed by atoms with E-state index in [1.165, 1.54) is 12.8 Å². The van der Waals surface area contributed by atoms with Crippen molar-refractivity contribution in [3.63, 3.8) is 0 Å². The van der Waals surface area contributed by atoms with Crippen LogP contribution in [0.1, 0.15) is 49.3 Å². The van der Waals surface area contributed by atoms with Gasteiger partial charge >= 0.3 is 0 Å². The first kappa shape index (κ1) is 14.4. The second kappa shape index (κ2) is 6.52. The molecule has 2 heterocycles. The van der Waals surface area contributed by atoms with E-state index in [0.717, 1.165) is 40.5 Å². The van der Waals surface area contributed by atoms with Crippen molar-refractivity contribution in [2.45, 2.75) is 38.5 Å². The number of nitrogens with one attached hydrogen (secondary N) is 1. The van der Waals surface area contributed by atoms with Gasteiger partial charge in [0, 0.05) is 24.4 Å². The quantitative estimate of drug-likeness (QED) is 0.860. The Bertz CT molecular complexity index is 611. The number of nitrogens with zero attached hydrogens (tertiary/aromatic N) is 3. The Morgan fingerprint density at radius 3 is 2.81 bits per heavy atom. The normalized spacial score (nSPS) is 14.2. The van der Waals surface area contributed by atoms with Crippen LogP contribution in [0.2, 0.25) is 0 Å². The molecule has 2 aromatic rings. The van der Waals surface area contributed by atoms with Crippen LogP contribution in [-0.4, -0.2) is 21.5 Å². The summed E-state index contributed by atoms with van der Waals surface area (Å²) in [5, 5.41) is 3.39. The topological polar surface area (TPSA) is 50.7 Å². The van der Waals surface area contributed by atoms with Gasteiger partial charge in [-0.1, -0.05) is 13.0 Å². The highest BCUT2D eigenvalue weighted by Crippen LogP contribution is 2.43. The van der Waals surface area contributed by atoms with Crippen LogP contribution in [0.15, 0.2) is 28.9 Å². The smallest absolute Gasteiger partial charge is 0.144 e. The van der Waals surface area contributed by atoms with E-state index >= 15 is 0 Å². The first-order valence-electron chi connectivity index (χ1n) is 7.48. The first-order valence-corrected chi connectivity index (χ1v) is 8.27. The second-order valence-electron chi connectivity index (χ2n) is 5.39. The van der Waals surface area contributed by atoms with Crippen molar-refractivity contribution in [2.75, 3.05) is 11.9 Å². The maximum absolute atomic E-state index is 4.76. The van der Waals surface area contributed by atoms with Crippen LogP contribution in [0.4, 0.5) is 5.82 Å². The Hall–Kier alpha value is -1.49. The molecule has 5 heteroatoms. The molecule has 1 fully saturated rings.